The molecule has 2 unspecified atom stereocenters. The molecule has 0 spiro atoms. The molecule has 1 heterocycles. The van der Waals surface area contributed by atoms with E-state index in [-0.39, 0.29) is 5.78 Å². The Morgan fingerprint density at radius 1 is 1.50 bits per heavy atom. The van der Waals surface area contributed by atoms with Crippen LogP contribution in [0.4, 0.5) is 0 Å². The molecule has 0 aromatic rings. The monoisotopic (exact) mass is 158 g/mol. The average molecular weight is 158 g/mol. The maximum Gasteiger partial charge on any atom is 0.0823 e. The molecular formula is C5H11N4P. The fourth-order valence-electron chi connectivity index (χ4n) is 0.727. The largest absolute Gasteiger partial charge is 0.399 e. The van der Waals surface area contributed by atoms with E-state index in [2.05, 4.69) is 0 Å². The molecule has 56 valence electrons. The van der Waals surface area contributed by atoms with Crippen molar-refractivity contribution < 1.29 is 0 Å². The Labute approximate surface area is 60.0 Å². The minimum absolute atomic E-state index is 0.338. The van der Waals surface area contributed by atoms with Crippen LogP contribution in [0.15, 0.2) is 23.3 Å². The lowest BCUT2D eigenvalue weighted by atomic mass is 10.3. The van der Waals surface area contributed by atoms with E-state index in [0.29, 0.717) is 11.4 Å². The van der Waals surface area contributed by atoms with Crippen LogP contribution in [0.5, 0.6) is 0 Å². The molecule has 2 atom stereocenters. The van der Waals surface area contributed by atoms with Crippen LogP contribution in [0.3, 0.4) is 0 Å². The lowest BCUT2D eigenvalue weighted by Crippen LogP contribution is -2.28. The van der Waals surface area contributed by atoms with Crippen LogP contribution in [-0.2, 0) is 0 Å². The van der Waals surface area contributed by atoms with Gasteiger partial charge in [-0.05, 0) is 19.6 Å². The third-order valence-corrected chi connectivity index (χ3v) is 2.95. The summed E-state index contributed by atoms with van der Waals surface area (Å²) < 4.78 is 0. The predicted molar refractivity (Wildman–Crippen MR) is 43.6 cm³/mol. The standard InChI is InChI=1S/C5H11N4P/c6-3-1-2-10(9)5(8)4(3)7/h1-2,5,9-10H,6-8H2. The van der Waals surface area contributed by atoms with Crippen molar-refractivity contribution in [2.45, 2.75) is 5.78 Å². The van der Waals surface area contributed by atoms with Gasteiger partial charge in [0.15, 0.2) is 0 Å². The first-order valence-electron chi connectivity index (χ1n) is 2.90. The van der Waals surface area contributed by atoms with E-state index in [1.165, 1.54) is 0 Å². The second kappa shape index (κ2) is 2.48. The molecule has 0 aliphatic carbocycles. The van der Waals surface area contributed by atoms with Gasteiger partial charge in [0.1, 0.15) is 0 Å². The Morgan fingerprint density at radius 2 is 2.10 bits per heavy atom. The van der Waals surface area contributed by atoms with Gasteiger partial charge in [-0.2, -0.15) is 0 Å². The summed E-state index contributed by atoms with van der Waals surface area (Å²) >= 11 is 0. The van der Waals surface area contributed by atoms with Crippen molar-refractivity contribution in [1.82, 2.24) is 0 Å². The van der Waals surface area contributed by atoms with Gasteiger partial charge >= 0.3 is 0 Å². The van der Waals surface area contributed by atoms with E-state index in [9.17, 15) is 0 Å². The Balaban J connectivity index is 2.99. The molecule has 0 fully saturated rings. The average Bonchev–Trinajstić information content (AvgIpc) is 1.93. The first-order valence-corrected chi connectivity index (χ1v) is 4.55. The minimum Gasteiger partial charge on any atom is -0.399 e. The summed E-state index contributed by atoms with van der Waals surface area (Å²) in [6.07, 6.45) is 1.67. The van der Waals surface area contributed by atoms with Crippen molar-refractivity contribution in [2.75, 3.05) is 0 Å². The van der Waals surface area contributed by atoms with Crippen molar-refractivity contribution >= 4 is 7.71 Å². The van der Waals surface area contributed by atoms with Crippen molar-refractivity contribution in [1.29, 1.82) is 5.16 Å². The number of nitrogens with one attached hydrogen (secondary N) is 1. The van der Waals surface area contributed by atoms with Gasteiger partial charge in [-0.25, -0.2) is 0 Å². The summed E-state index contributed by atoms with van der Waals surface area (Å²) in [7, 11) is -1.37. The predicted octanol–water partition coefficient (Wildman–Crippen LogP) is -0.0959. The number of rotatable bonds is 0. The lowest BCUT2D eigenvalue weighted by Gasteiger charge is -2.17. The molecule has 0 saturated carbocycles. The Kier molecular flexibility index (Phi) is 1.83. The molecule has 0 radical (unpaired) electrons. The van der Waals surface area contributed by atoms with Gasteiger partial charge in [0.25, 0.3) is 0 Å². The number of nitrogens with two attached hydrogens (primary N) is 3. The van der Waals surface area contributed by atoms with E-state index < -0.39 is 7.71 Å². The van der Waals surface area contributed by atoms with E-state index >= 15 is 0 Å². The number of hydrogen-bond acceptors (Lipinski definition) is 4. The molecule has 1 rings (SSSR count). The van der Waals surface area contributed by atoms with Gasteiger partial charge in [-0.3, -0.25) is 0 Å². The molecule has 0 aromatic heterocycles. The molecule has 0 amide bonds. The van der Waals surface area contributed by atoms with Crippen molar-refractivity contribution in [3.8, 4) is 0 Å². The zero-order valence-corrected chi connectivity index (χ0v) is 6.46. The van der Waals surface area contributed by atoms with E-state index in [4.69, 9.17) is 22.4 Å². The highest BCUT2D eigenvalue weighted by Crippen LogP contribution is 2.34. The SMILES string of the molecule is N=[PH]1C=CC(N)=C(N)C1N. The van der Waals surface area contributed by atoms with Crippen LogP contribution >= 0.6 is 7.71 Å². The van der Waals surface area contributed by atoms with Gasteiger partial charge in [0.2, 0.25) is 0 Å². The molecule has 5 heteroatoms. The lowest BCUT2D eigenvalue weighted by molar-refractivity contribution is 0.987. The first kappa shape index (κ1) is 7.38. The maximum atomic E-state index is 7.42. The van der Waals surface area contributed by atoms with Gasteiger partial charge in [0.05, 0.1) is 17.2 Å². The topological polar surface area (TPSA) is 102 Å². The van der Waals surface area contributed by atoms with Crippen LogP contribution in [0.25, 0.3) is 0 Å². The normalized spacial score (nSPS) is 32.9. The molecular weight excluding hydrogens is 147 g/mol. The minimum atomic E-state index is -1.37. The Hall–Kier alpha value is -0.730. The van der Waals surface area contributed by atoms with Gasteiger partial charge in [0, 0.05) is 0 Å². The second-order valence-corrected chi connectivity index (χ2v) is 4.04. The fraction of sp³-hybridized carbons (Fsp3) is 0.200. The quantitative estimate of drug-likeness (QED) is 0.370. The Morgan fingerprint density at radius 3 is 2.60 bits per heavy atom. The van der Waals surface area contributed by atoms with Gasteiger partial charge in [-0.15, -0.1) is 0 Å². The fourth-order valence-corrected chi connectivity index (χ4v) is 1.79. The van der Waals surface area contributed by atoms with E-state index in [0.717, 1.165) is 0 Å². The van der Waals surface area contributed by atoms with Crippen LogP contribution < -0.4 is 17.2 Å². The number of allylic oxidation sites excluding steroid dienone is 1. The van der Waals surface area contributed by atoms with Crippen molar-refractivity contribution in [2.24, 2.45) is 17.2 Å². The summed E-state index contributed by atoms with van der Waals surface area (Å²) in [5.74, 6) is 1.40. The van der Waals surface area contributed by atoms with Crippen LogP contribution in [-0.4, -0.2) is 5.78 Å². The zero-order chi connectivity index (χ0) is 7.72. The summed E-state index contributed by atoms with van der Waals surface area (Å²) in [5.41, 5.74) is 17.5. The highest BCUT2D eigenvalue weighted by Gasteiger charge is 2.14. The molecule has 1 aliphatic heterocycles. The highest BCUT2D eigenvalue weighted by molar-refractivity contribution is 7.50. The van der Waals surface area contributed by atoms with E-state index in [1.54, 1.807) is 11.9 Å². The maximum absolute atomic E-state index is 7.42. The molecule has 10 heavy (non-hydrogen) atoms. The molecule has 0 aromatic carbocycles. The number of hydrogen-bond donors (Lipinski definition) is 4. The summed E-state index contributed by atoms with van der Waals surface area (Å²) in [5, 5.41) is 7.42. The summed E-state index contributed by atoms with van der Waals surface area (Å²) in [4.78, 5) is 0. The van der Waals surface area contributed by atoms with Gasteiger partial charge < -0.3 is 22.4 Å². The molecule has 1 aliphatic rings. The molecule has 7 N–H and O–H groups in total. The van der Waals surface area contributed by atoms with Crippen molar-refractivity contribution in [3.63, 3.8) is 0 Å². The summed E-state index contributed by atoms with van der Waals surface area (Å²) in [6, 6.07) is 0. The molecule has 0 saturated heterocycles. The van der Waals surface area contributed by atoms with Crippen LogP contribution in [0.2, 0.25) is 0 Å². The zero-order valence-electron chi connectivity index (χ0n) is 5.46. The van der Waals surface area contributed by atoms with Crippen LogP contribution in [0, 0.1) is 5.16 Å². The third-order valence-electron chi connectivity index (χ3n) is 1.45. The Bertz CT molecular complexity index is 230. The van der Waals surface area contributed by atoms with Gasteiger partial charge in [-0.1, -0.05) is 0 Å². The van der Waals surface area contributed by atoms with Crippen LogP contribution in [0.1, 0.15) is 0 Å². The smallest absolute Gasteiger partial charge is 0.0823 e. The van der Waals surface area contributed by atoms with E-state index in [1.807, 2.05) is 0 Å². The van der Waals surface area contributed by atoms with Crippen molar-refractivity contribution in [3.05, 3.63) is 23.3 Å². The highest BCUT2D eigenvalue weighted by atomic mass is 31.1. The molecule has 0 bridgehead atoms. The second-order valence-electron chi connectivity index (χ2n) is 2.18. The first-order chi connectivity index (χ1) is 4.63. The summed E-state index contributed by atoms with van der Waals surface area (Å²) in [6.45, 7) is 0. The molecule has 4 nitrogen and oxygen atoms in total. The third kappa shape index (κ3) is 1.08.